The van der Waals surface area contributed by atoms with Crippen LogP contribution in [0.15, 0.2) is 18.2 Å². The molecule has 4 nitrogen and oxygen atoms in total. The second-order valence-electron chi connectivity index (χ2n) is 6.30. The molecule has 0 heterocycles. The summed E-state index contributed by atoms with van der Waals surface area (Å²) in [5.74, 6) is -0.0970. The van der Waals surface area contributed by atoms with Gasteiger partial charge in [0.05, 0.1) is 5.56 Å². The van der Waals surface area contributed by atoms with Crippen LogP contribution in [0, 0.1) is 5.41 Å². The van der Waals surface area contributed by atoms with E-state index in [0.717, 1.165) is 18.8 Å². The number of rotatable bonds is 7. The number of anilines is 1. The van der Waals surface area contributed by atoms with Crippen LogP contribution in [0.25, 0.3) is 0 Å². The lowest BCUT2D eigenvalue weighted by Gasteiger charge is -2.28. The molecule has 118 valence electrons. The molecule has 21 heavy (non-hydrogen) atoms. The van der Waals surface area contributed by atoms with Crippen molar-refractivity contribution in [3.63, 3.8) is 0 Å². The molecule has 0 atom stereocenters. The molecule has 0 aliphatic carbocycles. The number of hydrogen-bond donors (Lipinski definition) is 2. The zero-order valence-corrected chi connectivity index (χ0v) is 14.3. The van der Waals surface area contributed by atoms with Gasteiger partial charge in [0.1, 0.15) is 0 Å². The fourth-order valence-corrected chi connectivity index (χ4v) is 2.55. The van der Waals surface area contributed by atoms with Gasteiger partial charge in [-0.25, -0.2) is 0 Å². The third-order valence-electron chi connectivity index (χ3n) is 3.07. The van der Waals surface area contributed by atoms with Crippen molar-refractivity contribution in [1.82, 2.24) is 10.2 Å². The number of nitrogens with one attached hydrogen (secondary N) is 2. The van der Waals surface area contributed by atoms with Crippen molar-refractivity contribution in [2.45, 2.75) is 20.8 Å². The van der Waals surface area contributed by atoms with Crippen molar-refractivity contribution in [1.29, 1.82) is 0 Å². The van der Waals surface area contributed by atoms with Crippen molar-refractivity contribution in [2.24, 2.45) is 5.41 Å². The average molecular weight is 312 g/mol. The van der Waals surface area contributed by atoms with Crippen molar-refractivity contribution in [3.05, 3.63) is 28.8 Å². The van der Waals surface area contributed by atoms with Crippen LogP contribution in [-0.4, -0.2) is 44.5 Å². The lowest BCUT2D eigenvalue weighted by Crippen LogP contribution is -2.40. The first-order valence-electron chi connectivity index (χ1n) is 7.21. The van der Waals surface area contributed by atoms with E-state index in [1.807, 2.05) is 27.1 Å². The summed E-state index contributed by atoms with van der Waals surface area (Å²) in [6.45, 7) is 8.54. The molecule has 0 radical (unpaired) electrons. The van der Waals surface area contributed by atoms with E-state index in [-0.39, 0.29) is 11.3 Å². The van der Waals surface area contributed by atoms with E-state index < -0.39 is 0 Å². The van der Waals surface area contributed by atoms with Gasteiger partial charge in [0.25, 0.3) is 5.91 Å². The standard InChI is InChI=1S/C16H26ClN3O/c1-6-18-14-8-7-12(17)9-13(14)15(21)19-10-16(2,3)11-20(4)5/h7-9,18H,6,10-11H2,1-5H3,(H,19,21). The van der Waals surface area contributed by atoms with Gasteiger partial charge in [0.2, 0.25) is 0 Å². The Hall–Kier alpha value is -1.26. The summed E-state index contributed by atoms with van der Waals surface area (Å²) in [4.78, 5) is 14.5. The molecule has 1 aromatic carbocycles. The van der Waals surface area contributed by atoms with E-state index in [1.54, 1.807) is 12.1 Å². The molecule has 0 bridgehead atoms. The quantitative estimate of drug-likeness (QED) is 0.813. The van der Waals surface area contributed by atoms with E-state index in [1.165, 1.54) is 0 Å². The van der Waals surface area contributed by atoms with E-state index in [9.17, 15) is 4.79 Å². The predicted molar refractivity (Wildman–Crippen MR) is 90.3 cm³/mol. The molecule has 0 spiro atoms. The topological polar surface area (TPSA) is 44.4 Å². The number of carbonyl (C=O) groups is 1. The summed E-state index contributed by atoms with van der Waals surface area (Å²) in [5, 5.41) is 6.76. The maximum Gasteiger partial charge on any atom is 0.253 e. The average Bonchev–Trinajstić information content (AvgIpc) is 2.37. The summed E-state index contributed by atoms with van der Waals surface area (Å²) in [7, 11) is 4.06. The van der Waals surface area contributed by atoms with Crippen LogP contribution in [0.1, 0.15) is 31.1 Å². The van der Waals surface area contributed by atoms with Gasteiger partial charge in [-0.2, -0.15) is 0 Å². The highest BCUT2D eigenvalue weighted by atomic mass is 35.5. The third-order valence-corrected chi connectivity index (χ3v) is 3.30. The highest BCUT2D eigenvalue weighted by Crippen LogP contribution is 2.21. The third kappa shape index (κ3) is 5.94. The van der Waals surface area contributed by atoms with Gasteiger partial charge in [0, 0.05) is 30.3 Å². The lowest BCUT2D eigenvalue weighted by atomic mass is 9.93. The smallest absolute Gasteiger partial charge is 0.253 e. The number of hydrogen-bond acceptors (Lipinski definition) is 3. The Bertz CT molecular complexity index is 486. The summed E-state index contributed by atoms with van der Waals surface area (Å²) in [6, 6.07) is 5.33. The van der Waals surface area contributed by atoms with Crippen LogP contribution >= 0.6 is 11.6 Å². The summed E-state index contributed by atoms with van der Waals surface area (Å²) >= 11 is 6.01. The van der Waals surface area contributed by atoms with Crippen LogP contribution in [0.4, 0.5) is 5.69 Å². The van der Waals surface area contributed by atoms with Crippen LogP contribution in [0.3, 0.4) is 0 Å². The van der Waals surface area contributed by atoms with Gasteiger partial charge in [-0.3, -0.25) is 4.79 Å². The molecule has 0 fully saturated rings. The molecule has 2 N–H and O–H groups in total. The minimum Gasteiger partial charge on any atom is -0.385 e. The van der Waals surface area contributed by atoms with E-state index >= 15 is 0 Å². The zero-order chi connectivity index (χ0) is 16.0. The van der Waals surface area contributed by atoms with Gasteiger partial charge >= 0.3 is 0 Å². The van der Waals surface area contributed by atoms with Gasteiger partial charge < -0.3 is 15.5 Å². The van der Waals surface area contributed by atoms with Gasteiger partial charge in [-0.1, -0.05) is 25.4 Å². The first-order valence-corrected chi connectivity index (χ1v) is 7.59. The van der Waals surface area contributed by atoms with Crippen LogP contribution in [0.2, 0.25) is 5.02 Å². The van der Waals surface area contributed by atoms with E-state index in [4.69, 9.17) is 11.6 Å². The molecule has 0 aliphatic rings. The van der Waals surface area contributed by atoms with Gasteiger partial charge in [0.15, 0.2) is 0 Å². The highest BCUT2D eigenvalue weighted by molar-refractivity contribution is 6.31. The predicted octanol–water partition coefficient (Wildman–Crippen LogP) is 3.09. The molecule has 0 saturated heterocycles. The molecule has 0 aromatic heterocycles. The minimum atomic E-state index is -0.0970. The van der Waals surface area contributed by atoms with Crippen molar-refractivity contribution >= 4 is 23.2 Å². The van der Waals surface area contributed by atoms with Crippen molar-refractivity contribution < 1.29 is 4.79 Å². The second kappa shape index (κ2) is 7.66. The van der Waals surface area contributed by atoms with Crippen LogP contribution in [0.5, 0.6) is 0 Å². The highest BCUT2D eigenvalue weighted by Gasteiger charge is 2.21. The number of carbonyl (C=O) groups excluding carboxylic acids is 1. The number of halogens is 1. The fourth-order valence-electron chi connectivity index (χ4n) is 2.38. The Morgan fingerprint density at radius 2 is 2.00 bits per heavy atom. The molecule has 0 saturated carbocycles. The second-order valence-corrected chi connectivity index (χ2v) is 6.74. The maximum atomic E-state index is 12.4. The lowest BCUT2D eigenvalue weighted by molar-refractivity contribution is 0.0930. The molecule has 1 amide bonds. The summed E-state index contributed by atoms with van der Waals surface area (Å²) < 4.78 is 0. The number of benzene rings is 1. The number of nitrogens with zero attached hydrogens (tertiary/aromatic N) is 1. The molecule has 1 rings (SSSR count). The maximum absolute atomic E-state index is 12.4. The Balaban J connectivity index is 2.77. The van der Waals surface area contributed by atoms with Crippen molar-refractivity contribution in [2.75, 3.05) is 39.0 Å². The first-order chi connectivity index (χ1) is 9.75. The largest absolute Gasteiger partial charge is 0.385 e. The molecule has 5 heteroatoms. The van der Waals surface area contributed by atoms with Crippen LogP contribution in [-0.2, 0) is 0 Å². The Labute approximate surface area is 132 Å². The summed E-state index contributed by atoms with van der Waals surface area (Å²) in [6.07, 6.45) is 0. The Morgan fingerprint density at radius 1 is 1.33 bits per heavy atom. The van der Waals surface area contributed by atoms with Crippen molar-refractivity contribution in [3.8, 4) is 0 Å². The number of amides is 1. The molecule has 1 aromatic rings. The van der Waals surface area contributed by atoms with Crippen LogP contribution < -0.4 is 10.6 Å². The molecule has 0 unspecified atom stereocenters. The normalized spacial score (nSPS) is 11.6. The van der Waals surface area contributed by atoms with Gasteiger partial charge in [-0.15, -0.1) is 0 Å². The summed E-state index contributed by atoms with van der Waals surface area (Å²) in [5.41, 5.74) is 1.41. The molecular formula is C16H26ClN3O. The van der Waals surface area contributed by atoms with E-state index in [0.29, 0.717) is 17.1 Å². The first kappa shape index (κ1) is 17.8. The van der Waals surface area contributed by atoms with E-state index in [2.05, 4.69) is 29.4 Å². The monoisotopic (exact) mass is 311 g/mol. The molecule has 0 aliphatic heterocycles. The SMILES string of the molecule is CCNc1ccc(Cl)cc1C(=O)NCC(C)(C)CN(C)C. The Kier molecular flexibility index (Phi) is 6.49. The zero-order valence-electron chi connectivity index (χ0n) is 13.6. The molecular weight excluding hydrogens is 286 g/mol. The Morgan fingerprint density at radius 3 is 2.57 bits per heavy atom. The van der Waals surface area contributed by atoms with Gasteiger partial charge in [-0.05, 0) is 44.6 Å². The fraction of sp³-hybridized carbons (Fsp3) is 0.562. The minimum absolute atomic E-state index is 0.0100.